The van der Waals surface area contributed by atoms with E-state index in [-0.39, 0.29) is 34.2 Å². The molecular weight excluding hydrogens is 508 g/mol. The summed E-state index contributed by atoms with van der Waals surface area (Å²) in [5, 5.41) is 3.06. The van der Waals surface area contributed by atoms with Crippen molar-refractivity contribution in [3.8, 4) is 0 Å². The van der Waals surface area contributed by atoms with Crippen LogP contribution in [-0.2, 0) is 14.8 Å². The molecule has 9 nitrogen and oxygen atoms in total. The number of thiocarbonyl (C=S) groups is 1. The second-order valence-electron chi connectivity index (χ2n) is 7.91. The molecule has 0 fully saturated rings. The fraction of sp³-hybridized carbons (Fsp3) is 0.0769. The monoisotopic (exact) mass is 532 g/mol. The van der Waals surface area contributed by atoms with E-state index in [4.69, 9.17) is 12.2 Å². The molecule has 0 aliphatic heterocycles. The minimum absolute atomic E-state index is 0.0208. The number of amides is 1. The number of hydrogen-bond donors (Lipinski definition) is 4. The minimum Gasteiger partial charge on any atom is -0.331 e. The molecule has 37 heavy (non-hydrogen) atoms. The molecule has 3 aromatic carbocycles. The number of nitrogens with one attached hydrogen (secondary N) is 4. The van der Waals surface area contributed by atoms with Crippen LogP contribution in [0.3, 0.4) is 0 Å². The van der Waals surface area contributed by atoms with E-state index in [2.05, 4.69) is 30.9 Å². The van der Waals surface area contributed by atoms with Gasteiger partial charge in [-0.2, -0.15) is 0 Å². The molecule has 4 rings (SSSR count). The number of aromatic nitrogens is 2. The number of benzene rings is 3. The summed E-state index contributed by atoms with van der Waals surface area (Å²) in [5.41, 5.74) is 7.92. The quantitative estimate of drug-likeness (QED) is 0.199. The van der Waals surface area contributed by atoms with Crippen molar-refractivity contribution in [3.05, 3.63) is 115 Å². The molecule has 1 heterocycles. The molecule has 0 atom stereocenters. The summed E-state index contributed by atoms with van der Waals surface area (Å²) in [6.45, 7) is 0. The molecule has 4 N–H and O–H groups in total. The van der Waals surface area contributed by atoms with Crippen molar-refractivity contribution in [2.45, 2.75) is 17.2 Å². The number of hydrazine groups is 1. The van der Waals surface area contributed by atoms with Gasteiger partial charge in [-0.05, 0) is 53.7 Å². The zero-order valence-corrected chi connectivity index (χ0v) is 21.2. The molecule has 11 heteroatoms. The summed E-state index contributed by atoms with van der Waals surface area (Å²) in [4.78, 5) is 20.5. The lowest BCUT2D eigenvalue weighted by Crippen LogP contribution is -2.44. The zero-order valence-electron chi connectivity index (χ0n) is 19.5. The molecule has 1 amide bonds. The number of carbonyl (C=O) groups excluding carboxylic acids is 1. The van der Waals surface area contributed by atoms with E-state index in [0.717, 1.165) is 11.1 Å². The van der Waals surface area contributed by atoms with Gasteiger partial charge in [0.05, 0.1) is 4.90 Å². The molecule has 0 saturated heterocycles. The lowest BCUT2D eigenvalue weighted by atomic mass is 9.88. The number of carbonyl (C=O) groups is 1. The molecule has 0 spiro atoms. The number of rotatable bonds is 8. The lowest BCUT2D eigenvalue weighted by molar-refractivity contribution is -0.121. The summed E-state index contributed by atoms with van der Waals surface area (Å²) < 4.78 is 27.3. The Morgan fingerprint density at radius 2 is 1.35 bits per heavy atom. The fourth-order valence-electron chi connectivity index (χ4n) is 3.57. The third-order valence-corrected chi connectivity index (χ3v) is 6.87. The zero-order chi connectivity index (χ0) is 26.1. The summed E-state index contributed by atoms with van der Waals surface area (Å²) in [6, 6.07) is 27.2. The van der Waals surface area contributed by atoms with Gasteiger partial charge in [0.2, 0.25) is 11.9 Å². The summed E-state index contributed by atoms with van der Waals surface area (Å²) in [5.74, 6) is -0.375. The van der Waals surface area contributed by atoms with Gasteiger partial charge in [-0.25, -0.2) is 23.1 Å². The van der Waals surface area contributed by atoms with Crippen LogP contribution < -0.4 is 20.9 Å². The molecule has 1 aromatic heterocycles. The number of sulfonamides is 1. The standard InChI is InChI=1S/C26H24N6O3S2/c33-24(18-23(19-8-3-1-4-9-19)20-10-5-2-6-11-20)30-31-26(36)29-21-12-14-22(15-13-21)37(34,35)32-25-27-16-7-17-28-25/h1-17,23H,18H2,(H,30,33)(H,27,28,32)(H2,29,31,36). The average molecular weight is 533 g/mol. The fourth-order valence-corrected chi connectivity index (χ4v) is 4.70. The van der Waals surface area contributed by atoms with Crippen molar-refractivity contribution >= 4 is 44.9 Å². The van der Waals surface area contributed by atoms with Gasteiger partial charge in [-0.15, -0.1) is 0 Å². The highest BCUT2D eigenvalue weighted by molar-refractivity contribution is 7.92. The predicted octanol–water partition coefficient (Wildman–Crippen LogP) is 3.82. The molecule has 4 aromatic rings. The predicted molar refractivity (Wildman–Crippen MR) is 146 cm³/mol. The Labute approximate surface area is 220 Å². The molecular formula is C26H24N6O3S2. The van der Waals surface area contributed by atoms with Crippen molar-refractivity contribution in [1.82, 2.24) is 20.8 Å². The van der Waals surface area contributed by atoms with E-state index in [1.165, 1.54) is 24.5 Å². The first kappa shape index (κ1) is 25.7. The second-order valence-corrected chi connectivity index (χ2v) is 10.00. The van der Waals surface area contributed by atoms with Crippen LogP contribution in [-0.4, -0.2) is 29.4 Å². The van der Waals surface area contributed by atoms with Crippen LogP contribution in [0.1, 0.15) is 23.5 Å². The topological polar surface area (TPSA) is 125 Å². The van der Waals surface area contributed by atoms with Crippen LogP contribution in [0.25, 0.3) is 0 Å². The lowest BCUT2D eigenvalue weighted by Gasteiger charge is -2.18. The average Bonchev–Trinajstić information content (AvgIpc) is 2.92. The molecule has 0 radical (unpaired) electrons. The van der Waals surface area contributed by atoms with Crippen LogP contribution in [0.5, 0.6) is 0 Å². The van der Waals surface area contributed by atoms with Crippen molar-refractivity contribution < 1.29 is 13.2 Å². The van der Waals surface area contributed by atoms with Gasteiger partial charge in [0.25, 0.3) is 10.0 Å². The molecule has 0 saturated carbocycles. The highest BCUT2D eigenvalue weighted by Crippen LogP contribution is 2.27. The number of hydrogen-bond acceptors (Lipinski definition) is 6. The van der Waals surface area contributed by atoms with Crippen molar-refractivity contribution in [2.24, 2.45) is 0 Å². The van der Waals surface area contributed by atoms with Crippen molar-refractivity contribution in [3.63, 3.8) is 0 Å². The van der Waals surface area contributed by atoms with Gasteiger partial charge in [0, 0.05) is 30.4 Å². The van der Waals surface area contributed by atoms with Crippen molar-refractivity contribution in [1.29, 1.82) is 0 Å². The van der Waals surface area contributed by atoms with Crippen LogP contribution >= 0.6 is 12.2 Å². The van der Waals surface area contributed by atoms with E-state index in [1.807, 2.05) is 60.7 Å². The van der Waals surface area contributed by atoms with Gasteiger partial charge in [0.15, 0.2) is 5.11 Å². The van der Waals surface area contributed by atoms with E-state index in [0.29, 0.717) is 5.69 Å². The smallest absolute Gasteiger partial charge is 0.264 e. The molecule has 0 bridgehead atoms. The largest absolute Gasteiger partial charge is 0.331 e. The van der Waals surface area contributed by atoms with Crippen LogP contribution in [0.4, 0.5) is 11.6 Å². The van der Waals surface area contributed by atoms with E-state index in [1.54, 1.807) is 18.2 Å². The summed E-state index contributed by atoms with van der Waals surface area (Å²) in [7, 11) is -3.85. The first-order valence-corrected chi connectivity index (χ1v) is 13.2. The van der Waals surface area contributed by atoms with Crippen LogP contribution in [0.2, 0.25) is 0 Å². The number of nitrogens with zero attached hydrogens (tertiary/aromatic N) is 2. The Hall–Kier alpha value is -4.35. The van der Waals surface area contributed by atoms with Crippen molar-refractivity contribution in [2.75, 3.05) is 10.0 Å². The molecule has 0 unspecified atom stereocenters. The number of anilines is 2. The molecule has 0 aliphatic carbocycles. The first-order valence-electron chi connectivity index (χ1n) is 11.3. The maximum Gasteiger partial charge on any atom is 0.264 e. The normalized spacial score (nSPS) is 10.9. The Kier molecular flexibility index (Phi) is 8.39. The third kappa shape index (κ3) is 7.32. The third-order valence-electron chi connectivity index (χ3n) is 5.32. The Balaban J connectivity index is 1.32. The SMILES string of the molecule is O=C(CC(c1ccccc1)c1ccccc1)NNC(=S)Nc1ccc(S(=O)(=O)Nc2ncccn2)cc1. The summed E-state index contributed by atoms with van der Waals surface area (Å²) >= 11 is 5.26. The van der Waals surface area contributed by atoms with Crippen LogP contribution in [0, 0.1) is 0 Å². The van der Waals surface area contributed by atoms with E-state index in [9.17, 15) is 13.2 Å². The Bertz CT molecular complexity index is 1400. The maximum atomic E-state index is 12.7. The second kappa shape index (κ2) is 12.1. The Morgan fingerprint density at radius 1 is 0.784 bits per heavy atom. The highest BCUT2D eigenvalue weighted by atomic mass is 32.2. The van der Waals surface area contributed by atoms with Crippen LogP contribution in [0.15, 0.2) is 108 Å². The van der Waals surface area contributed by atoms with Gasteiger partial charge in [-0.3, -0.25) is 15.6 Å². The van der Waals surface area contributed by atoms with E-state index < -0.39 is 10.0 Å². The Morgan fingerprint density at radius 3 is 1.92 bits per heavy atom. The van der Waals surface area contributed by atoms with Gasteiger partial charge in [0.1, 0.15) is 0 Å². The maximum absolute atomic E-state index is 12.7. The summed E-state index contributed by atoms with van der Waals surface area (Å²) in [6.07, 6.45) is 3.09. The van der Waals surface area contributed by atoms with Gasteiger partial charge >= 0.3 is 0 Å². The van der Waals surface area contributed by atoms with Gasteiger partial charge < -0.3 is 5.32 Å². The first-order chi connectivity index (χ1) is 17.9. The van der Waals surface area contributed by atoms with Gasteiger partial charge in [-0.1, -0.05) is 60.7 Å². The highest BCUT2D eigenvalue weighted by Gasteiger charge is 2.18. The molecule has 188 valence electrons. The molecule has 0 aliphatic rings. The van der Waals surface area contributed by atoms with E-state index >= 15 is 0 Å². The minimum atomic E-state index is -3.85.